The second-order valence-electron chi connectivity index (χ2n) is 6.71. The number of benzene rings is 1. The van der Waals surface area contributed by atoms with Gasteiger partial charge < -0.3 is 0 Å². The van der Waals surface area contributed by atoms with Gasteiger partial charge in [0.1, 0.15) is 0 Å². The molecule has 2 aliphatic carbocycles. The Bertz CT molecular complexity index is 776. The van der Waals surface area contributed by atoms with E-state index in [-0.39, 0.29) is 18.0 Å². The summed E-state index contributed by atoms with van der Waals surface area (Å²) in [6.45, 7) is 0.554. The van der Waals surface area contributed by atoms with E-state index >= 15 is 0 Å². The lowest BCUT2D eigenvalue weighted by Crippen LogP contribution is -2.25. The molecule has 5 heteroatoms. The van der Waals surface area contributed by atoms with Crippen molar-refractivity contribution in [2.45, 2.75) is 38.2 Å². The Labute approximate surface area is 121 Å². The van der Waals surface area contributed by atoms with Gasteiger partial charge in [0.15, 0.2) is 0 Å². The highest BCUT2D eigenvalue weighted by molar-refractivity contribution is 5.75. The van der Waals surface area contributed by atoms with Crippen LogP contribution in [0.3, 0.4) is 0 Å². The molecule has 1 heterocycles. The molecular weight excluding hydrogens is 274 g/mol. The first-order valence-corrected chi connectivity index (χ1v) is 7.46. The SMILES string of the molecule is Cn1c(=O)n(CC2CCC3(C2)CC3(F)F)c2ccccc21. The van der Waals surface area contributed by atoms with E-state index in [0.717, 1.165) is 17.5 Å². The number of halogens is 2. The van der Waals surface area contributed by atoms with Gasteiger partial charge in [0.25, 0.3) is 5.92 Å². The summed E-state index contributed by atoms with van der Waals surface area (Å²) in [6.07, 6.45) is 1.99. The third-order valence-corrected chi connectivity index (χ3v) is 5.41. The molecule has 1 aromatic carbocycles. The van der Waals surface area contributed by atoms with Crippen LogP contribution in [0.15, 0.2) is 29.1 Å². The molecule has 0 bridgehead atoms. The number of fused-ring (bicyclic) bond motifs is 1. The number of aryl methyl sites for hydroxylation is 1. The number of rotatable bonds is 2. The third-order valence-electron chi connectivity index (χ3n) is 5.41. The molecule has 3 nitrogen and oxygen atoms in total. The molecule has 21 heavy (non-hydrogen) atoms. The van der Waals surface area contributed by atoms with Crippen molar-refractivity contribution in [1.29, 1.82) is 0 Å². The Morgan fingerprint density at radius 3 is 2.57 bits per heavy atom. The topological polar surface area (TPSA) is 26.9 Å². The molecule has 2 saturated carbocycles. The zero-order valence-electron chi connectivity index (χ0n) is 12.0. The molecule has 112 valence electrons. The summed E-state index contributed by atoms with van der Waals surface area (Å²) in [5.74, 6) is -2.28. The van der Waals surface area contributed by atoms with Crippen LogP contribution in [0.25, 0.3) is 11.0 Å². The molecular formula is C16H18F2N2O. The van der Waals surface area contributed by atoms with E-state index < -0.39 is 11.3 Å². The quantitative estimate of drug-likeness (QED) is 0.835. The first-order valence-electron chi connectivity index (χ1n) is 7.46. The molecule has 2 aliphatic rings. The van der Waals surface area contributed by atoms with Crippen LogP contribution in [-0.4, -0.2) is 15.1 Å². The van der Waals surface area contributed by atoms with E-state index in [4.69, 9.17) is 0 Å². The van der Waals surface area contributed by atoms with Gasteiger partial charge in [-0.2, -0.15) is 0 Å². The Morgan fingerprint density at radius 1 is 1.29 bits per heavy atom. The summed E-state index contributed by atoms with van der Waals surface area (Å²) in [5, 5.41) is 0. The molecule has 2 atom stereocenters. The van der Waals surface area contributed by atoms with Crippen LogP contribution in [0.2, 0.25) is 0 Å². The minimum atomic E-state index is -2.47. The first-order chi connectivity index (χ1) is 9.94. The van der Waals surface area contributed by atoms with E-state index in [1.54, 1.807) is 16.2 Å². The van der Waals surface area contributed by atoms with Crippen LogP contribution in [0.1, 0.15) is 25.7 Å². The summed E-state index contributed by atoms with van der Waals surface area (Å²) in [5.41, 5.74) is 0.992. The van der Waals surface area contributed by atoms with Crippen molar-refractivity contribution in [3.05, 3.63) is 34.7 Å². The summed E-state index contributed by atoms with van der Waals surface area (Å²) >= 11 is 0. The Balaban J connectivity index is 1.65. The fraction of sp³-hybridized carbons (Fsp3) is 0.562. The minimum Gasteiger partial charge on any atom is -0.295 e. The zero-order chi connectivity index (χ0) is 14.8. The number of nitrogens with zero attached hydrogens (tertiary/aromatic N) is 2. The van der Waals surface area contributed by atoms with E-state index in [9.17, 15) is 13.6 Å². The van der Waals surface area contributed by atoms with Crippen LogP contribution >= 0.6 is 0 Å². The molecule has 2 aromatic rings. The Hall–Kier alpha value is -1.65. The van der Waals surface area contributed by atoms with Crippen molar-refractivity contribution in [3.63, 3.8) is 0 Å². The molecule has 0 amide bonds. The molecule has 2 unspecified atom stereocenters. The number of hydrogen-bond donors (Lipinski definition) is 0. The average Bonchev–Trinajstić information content (AvgIpc) is 2.75. The van der Waals surface area contributed by atoms with Crippen molar-refractivity contribution in [2.75, 3.05) is 0 Å². The molecule has 0 aliphatic heterocycles. The number of aromatic nitrogens is 2. The predicted octanol–water partition coefficient (Wildman–Crippen LogP) is 3.17. The average molecular weight is 292 g/mol. The maximum absolute atomic E-state index is 13.5. The lowest BCUT2D eigenvalue weighted by Gasteiger charge is -2.11. The van der Waals surface area contributed by atoms with Crippen molar-refractivity contribution >= 4 is 11.0 Å². The summed E-state index contributed by atoms with van der Waals surface area (Å²) in [7, 11) is 1.76. The Kier molecular flexibility index (Phi) is 2.46. The minimum absolute atomic E-state index is 0.0426. The second kappa shape index (κ2) is 3.96. The van der Waals surface area contributed by atoms with Gasteiger partial charge in [0.2, 0.25) is 0 Å². The maximum atomic E-state index is 13.5. The van der Waals surface area contributed by atoms with Crippen molar-refractivity contribution in [1.82, 2.24) is 9.13 Å². The smallest absolute Gasteiger partial charge is 0.295 e. The normalized spacial score (nSPS) is 30.3. The number of hydrogen-bond acceptors (Lipinski definition) is 1. The van der Waals surface area contributed by atoms with Crippen LogP contribution in [0.5, 0.6) is 0 Å². The number of alkyl halides is 2. The summed E-state index contributed by atoms with van der Waals surface area (Å²) in [4.78, 5) is 12.4. The number of para-hydroxylation sites is 2. The summed E-state index contributed by atoms with van der Waals surface area (Å²) < 4.78 is 30.3. The van der Waals surface area contributed by atoms with Gasteiger partial charge in [-0.25, -0.2) is 13.6 Å². The predicted molar refractivity (Wildman–Crippen MR) is 76.5 cm³/mol. The van der Waals surface area contributed by atoms with Gasteiger partial charge >= 0.3 is 5.69 Å². The lowest BCUT2D eigenvalue weighted by molar-refractivity contribution is 0.0641. The highest BCUT2D eigenvalue weighted by atomic mass is 19.3. The van der Waals surface area contributed by atoms with Crippen LogP contribution in [0, 0.1) is 11.3 Å². The zero-order valence-corrected chi connectivity index (χ0v) is 12.0. The maximum Gasteiger partial charge on any atom is 0.328 e. The van der Waals surface area contributed by atoms with E-state index in [2.05, 4.69) is 0 Å². The molecule has 0 radical (unpaired) electrons. The lowest BCUT2D eigenvalue weighted by atomic mass is 10.0. The molecule has 0 N–H and O–H groups in total. The molecule has 1 spiro atoms. The van der Waals surface area contributed by atoms with Gasteiger partial charge in [0, 0.05) is 25.4 Å². The van der Waals surface area contributed by atoms with Gasteiger partial charge in [-0.1, -0.05) is 12.1 Å². The first kappa shape index (κ1) is 13.0. The van der Waals surface area contributed by atoms with Crippen LogP contribution in [-0.2, 0) is 13.6 Å². The number of imidazole rings is 1. The van der Waals surface area contributed by atoms with Crippen molar-refractivity contribution in [3.8, 4) is 0 Å². The Morgan fingerprint density at radius 2 is 1.95 bits per heavy atom. The molecule has 1 aromatic heterocycles. The molecule has 0 saturated heterocycles. The highest BCUT2D eigenvalue weighted by Gasteiger charge is 2.72. The van der Waals surface area contributed by atoms with E-state index in [0.29, 0.717) is 19.4 Å². The third kappa shape index (κ3) is 1.72. The van der Waals surface area contributed by atoms with Crippen LogP contribution in [0.4, 0.5) is 8.78 Å². The standard InChI is InChI=1S/C16H18F2N2O/c1-19-12-4-2-3-5-13(12)20(14(19)21)9-11-6-7-15(8-11)10-16(15,17)18/h2-5,11H,6-10H2,1H3. The fourth-order valence-corrected chi connectivity index (χ4v) is 4.06. The van der Waals surface area contributed by atoms with Gasteiger partial charge in [0.05, 0.1) is 11.0 Å². The molecule has 4 rings (SSSR count). The largest absolute Gasteiger partial charge is 0.328 e. The van der Waals surface area contributed by atoms with Crippen molar-refractivity contribution in [2.24, 2.45) is 18.4 Å². The fourth-order valence-electron chi connectivity index (χ4n) is 4.06. The second-order valence-corrected chi connectivity index (χ2v) is 6.71. The monoisotopic (exact) mass is 292 g/mol. The van der Waals surface area contributed by atoms with Crippen LogP contribution < -0.4 is 5.69 Å². The van der Waals surface area contributed by atoms with E-state index in [1.807, 2.05) is 24.3 Å². The van der Waals surface area contributed by atoms with Gasteiger partial charge in [-0.3, -0.25) is 9.13 Å². The molecule has 2 fully saturated rings. The van der Waals surface area contributed by atoms with Gasteiger partial charge in [-0.05, 0) is 37.3 Å². The van der Waals surface area contributed by atoms with E-state index in [1.165, 1.54) is 0 Å². The highest BCUT2D eigenvalue weighted by Crippen LogP contribution is 2.69. The van der Waals surface area contributed by atoms with Gasteiger partial charge in [-0.15, -0.1) is 0 Å². The summed E-state index contributed by atoms with van der Waals surface area (Å²) in [6, 6.07) is 7.65. The van der Waals surface area contributed by atoms with Crippen molar-refractivity contribution < 1.29 is 8.78 Å².